The predicted molar refractivity (Wildman–Crippen MR) is 66.2 cm³/mol. The smallest absolute Gasteiger partial charge is 0.334 e. The molecule has 2 rings (SSSR count). The average molecular weight is 310 g/mol. The molecule has 0 N–H and O–H groups in total. The van der Waals surface area contributed by atoms with Crippen molar-refractivity contribution in [3.63, 3.8) is 0 Å². The third-order valence-electron chi connectivity index (χ3n) is 3.11. The van der Waals surface area contributed by atoms with Gasteiger partial charge in [-0.2, -0.15) is 13.2 Å². The quantitative estimate of drug-likeness (QED) is 0.613. The Morgan fingerprint density at radius 2 is 2.00 bits per heavy atom. The van der Waals surface area contributed by atoms with Gasteiger partial charge in [-0.25, -0.2) is 4.39 Å². The number of carbonyl (C=O) groups excluding carboxylic acids is 1. The van der Waals surface area contributed by atoms with Crippen molar-refractivity contribution in [2.45, 2.75) is 25.1 Å². The largest absolute Gasteiger partial charge is 0.419 e. The molecule has 2 nitrogen and oxygen atoms in total. The number of halogens is 5. The van der Waals surface area contributed by atoms with Gasteiger partial charge in [0.05, 0.1) is 11.1 Å². The third-order valence-corrected chi connectivity index (χ3v) is 3.28. The van der Waals surface area contributed by atoms with Gasteiger partial charge < -0.3 is 4.90 Å². The van der Waals surface area contributed by atoms with Crippen LogP contribution in [0.4, 0.5) is 17.6 Å². The Labute approximate surface area is 118 Å². The molecule has 1 amide bonds. The molecule has 1 aromatic rings. The fourth-order valence-corrected chi connectivity index (χ4v) is 2.18. The fraction of sp³-hybridized carbons (Fsp3) is 0.462. The summed E-state index contributed by atoms with van der Waals surface area (Å²) in [6, 6.07) is 2.67. The van der Waals surface area contributed by atoms with E-state index in [1.165, 1.54) is 4.90 Å². The molecule has 1 aliphatic carbocycles. The molecule has 0 aromatic heterocycles. The first kappa shape index (κ1) is 15.1. The van der Waals surface area contributed by atoms with Crippen molar-refractivity contribution < 1.29 is 22.4 Å². The highest BCUT2D eigenvalue weighted by Gasteiger charge is 2.38. The number of carbonyl (C=O) groups is 1. The molecule has 7 heteroatoms. The first-order valence-electron chi connectivity index (χ1n) is 6.09. The Balaban J connectivity index is 2.34. The lowest BCUT2D eigenvalue weighted by atomic mass is 10.1. The van der Waals surface area contributed by atoms with Gasteiger partial charge in [-0.3, -0.25) is 4.79 Å². The average Bonchev–Trinajstić information content (AvgIpc) is 3.18. The zero-order valence-corrected chi connectivity index (χ0v) is 11.1. The summed E-state index contributed by atoms with van der Waals surface area (Å²) in [4.78, 5) is 13.5. The molecule has 0 atom stereocenters. The molecule has 0 heterocycles. The number of nitrogens with zero attached hydrogens (tertiary/aromatic N) is 1. The summed E-state index contributed by atoms with van der Waals surface area (Å²) in [5.74, 6) is -2.11. The Hall–Kier alpha value is -1.30. The minimum absolute atomic E-state index is 0.0461. The summed E-state index contributed by atoms with van der Waals surface area (Å²) < 4.78 is 51.8. The van der Waals surface area contributed by atoms with Crippen LogP contribution < -0.4 is 0 Å². The van der Waals surface area contributed by atoms with Gasteiger partial charge in [0.15, 0.2) is 0 Å². The topological polar surface area (TPSA) is 20.3 Å². The number of hydrogen-bond acceptors (Lipinski definition) is 1. The van der Waals surface area contributed by atoms with E-state index in [1.54, 1.807) is 0 Å². The van der Waals surface area contributed by atoms with Crippen LogP contribution in [0.2, 0.25) is 0 Å². The van der Waals surface area contributed by atoms with Gasteiger partial charge >= 0.3 is 6.18 Å². The molecule has 0 saturated heterocycles. The Kier molecular flexibility index (Phi) is 4.22. The Morgan fingerprint density at radius 1 is 1.35 bits per heavy atom. The van der Waals surface area contributed by atoms with E-state index in [-0.39, 0.29) is 18.5 Å². The molecule has 1 aromatic carbocycles. The highest BCUT2D eigenvalue weighted by Crippen LogP contribution is 2.34. The van der Waals surface area contributed by atoms with Gasteiger partial charge in [-0.1, -0.05) is 6.07 Å². The minimum Gasteiger partial charge on any atom is -0.334 e. The summed E-state index contributed by atoms with van der Waals surface area (Å²) >= 11 is 5.58. The highest BCUT2D eigenvalue weighted by atomic mass is 35.5. The maximum absolute atomic E-state index is 13.9. The van der Waals surface area contributed by atoms with Crippen molar-refractivity contribution >= 4 is 17.5 Å². The van der Waals surface area contributed by atoms with Crippen molar-refractivity contribution in [1.82, 2.24) is 4.90 Å². The lowest BCUT2D eigenvalue weighted by Gasteiger charge is -2.22. The van der Waals surface area contributed by atoms with Crippen LogP contribution in [0.3, 0.4) is 0 Å². The van der Waals surface area contributed by atoms with Gasteiger partial charge in [-0.05, 0) is 25.0 Å². The molecule has 0 aliphatic heterocycles. The first-order chi connectivity index (χ1) is 9.36. The van der Waals surface area contributed by atoms with Crippen molar-refractivity contribution in [2.24, 2.45) is 0 Å². The number of rotatable bonds is 4. The van der Waals surface area contributed by atoms with E-state index < -0.39 is 29.0 Å². The van der Waals surface area contributed by atoms with Crippen LogP contribution in [0.1, 0.15) is 28.8 Å². The predicted octanol–water partition coefficient (Wildman–Crippen LogP) is 3.69. The van der Waals surface area contributed by atoms with E-state index in [0.29, 0.717) is 6.07 Å². The Bertz CT molecular complexity index is 514. The van der Waals surface area contributed by atoms with Crippen molar-refractivity contribution in [3.05, 3.63) is 35.1 Å². The van der Waals surface area contributed by atoms with Crippen molar-refractivity contribution in [2.75, 3.05) is 12.4 Å². The van der Waals surface area contributed by atoms with Gasteiger partial charge in [0, 0.05) is 18.5 Å². The van der Waals surface area contributed by atoms with Crippen molar-refractivity contribution in [1.29, 1.82) is 0 Å². The molecular formula is C13H12ClF4NO. The maximum atomic E-state index is 13.9. The molecule has 0 spiro atoms. The molecule has 20 heavy (non-hydrogen) atoms. The van der Waals surface area contributed by atoms with E-state index in [0.717, 1.165) is 25.0 Å². The van der Waals surface area contributed by atoms with Gasteiger partial charge in [-0.15, -0.1) is 11.6 Å². The Morgan fingerprint density at radius 3 is 2.50 bits per heavy atom. The second kappa shape index (κ2) is 5.60. The van der Waals surface area contributed by atoms with Crippen LogP contribution in [0, 0.1) is 5.82 Å². The summed E-state index contributed by atoms with van der Waals surface area (Å²) in [5.41, 5.74) is -1.98. The van der Waals surface area contributed by atoms with E-state index in [1.807, 2.05) is 0 Å². The van der Waals surface area contributed by atoms with E-state index in [4.69, 9.17) is 11.6 Å². The lowest BCUT2D eigenvalue weighted by Crippen LogP contribution is -2.35. The lowest BCUT2D eigenvalue weighted by molar-refractivity contribution is -0.140. The van der Waals surface area contributed by atoms with Crippen LogP contribution in [0.15, 0.2) is 18.2 Å². The third kappa shape index (κ3) is 3.06. The highest BCUT2D eigenvalue weighted by molar-refractivity contribution is 6.18. The number of hydrogen-bond donors (Lipinski definition) is 0. The molecular weight excluding hydrogens is 298 g/mol. The van der Waals surface area contributed by atoms with Crippen LogP contribution in [-0.2, 0) is 6.18 Å². The second-order valence-electron chi connectivity index (χ2n) is 4.58. The molecule has 0 unspecified atom stereocenters. The molecule has 1 saturated carbocycles. The van der Waals surface area contributed by atoms with Gasteiger partial charge in [0.2, 0.25) is 0 Å². The monoisotopic (exact) mass is 309 g/mol. The molecule has 110 valence electrons. The van der Waals surface area contributed by atoms with E-state index in [9.17, 15) is 22.4 Å². The zero-order valence-electron chi connectivity index (χ0n) is 10.4. The van der Waals surface area contributed by atoms with Crippen LogP contribution in [-0.4, -0.2) is 29.3 Å². The maximum Gasteiger partial charge on any atom is 0.419 e. The SMILES string of the molecule is O=C(c1cccc(C(F)(F)F)c1F)N(CCCl)C1CC1. The number of alkyl halides is 4. The standard InChI is InChI=1S/C13H12ClF4NO/c14-6-7-19(8-4-5-8)12(20)9-2-1-3-10(11(9)15)13(16,17)18/h1-3,8H,4-7H2. The normalized spacial score (nSPS) is 15.2. The number of benzene rings is 1. The van der Waals surface area contributed by atoms with Crippen LogP contribution >= 0.6 is 11.6 Å². The van der Waals surface area contributed by atoms with E-state index in [2.05, 4.69) is 0 Å². The summed E-state index contributed by atoms with van der Waals surface area (Å²) in [6.07, 6.45) is -3.29. The second-order valence-corrected chi connectivity index (χ2v) is 4.96. The number of amides is 1. The van der Waals surface area contributed by atoms with Crippen LogP contribution in [0.25, 0.3) is 0 Å². The van der Waals surface area contributed by atoms with Gasteiger partial charge in [0.1, 0.15) is 5.82 Å². The van der Waals surface area contributed by atoms with Crippen molar-refractivity contribution in [3.8, 4) is 0 Å². The molecule has 1 aliphatic rings. The molecule has 1 fully saturated rings. The molecule has 0 bridgehead atoms. The van der Waals surface area contributed by atoms with Gasteiger partial charge in [0.25, 0.3) is 5.91 Å². The first-order valence-corrected chi connectivity index (χ1v) is 6.62. The minimum atomic E-state index is -4.82. The zero-order chi connectivity index (χ0) is 14.9. The van der Waals surface area contributed by atoms with Crippen LogP contribution in [0.5, 0.6) is 0 Å². The summed E-state index contributed by atoms with van der Waals surface area (Å²) in [6.45, 7) is 0.195. The molecule has 0 radical (unpaired) electrons. The summed E-state index contributed by atoms with van der Waals surface area (Å²) in [7, 11) is 0. The summed E-state index contributed by atoms with van der Waals surface area (Å²) in [5, 5.41) is 0. The fourth-order valence-electron chi connectivity index (χ4n) is 2.00. The van der Waals surface area contributed by atoms with E-state index >= 15 is 0 Å².